The molecule has 1 heterocycles. The summed E-state index contributed by atoms with van der Waals surface area (Å²) in [7, 11) is 0. The van der Waals surface area contributed by atoms with Crippen molar-refractivity contribution in [2.45, 2.75) is 13.0 Å². The van der Waals surface area contributed by atoms with Gasteiger partial charge in [0.15, 0.2) is 0 Å². The SMILES string of the molecule is C[C@@H]1C[N-]CCO1. The van der Waals surface area contributed by atoms with Crippen LogP contribution in [0.2, 0.25) is 0 Å². The summed E-state index contributed by atoms with van der Waals surface area (Å²) in [5.74, 6) is 0. The van der Waals surface area contributed by atoms with Gasteiger partial charge in [-0.1, -0.05) is 0 Å². The van der Waals surface area contributed by atoms with Crippen LogP contribution in [0.4, 0.5) is 0 Å². The predicted octanol–water partition coefficient (Wildman–Crippen LogP) is 0.779. The van der Waals surface area contributed by atoms with Gasteiger partial charge in [-0.25, -0.2) is 0 Å². The first kappa shape index (κ1) is 5.06. The van der Waals surface area contributed by atoms with E-state index in [-0.39, 0.29) is 0 Å². The van der Waals surface area contributed by atoms with Gasteiger partial charge in [0.2, 0.25) is 0 Å². The maximum atomic E-state index is 5.18. The highest BCUT2D eigenvalue weighted by Crippen LogP contribution is 2.02. The third-order valence-corrected chi connectivity index (χ3v) is 1.04. The molecule has 0 radical (unpaired) electrons. The Bertz CT molecular complexity index is 50.0. The minimum absolute atomic E-state index is 0.369. The van der Waals surface area contributed by atoms with Crippen molar-refractivity contribution in [3.05, 3.63) is 5.32 Å². The van der Waals surface area contributed by atoms with Crippen LogP contribution in [0.3, 0.4) is 0 Å². The highest BCUT2D eigenvalue weighted by atomic mass is 16.5. The first-order valence-electron chi connectivity index (χ1n) is 2.64. The van der Waals surface area contributed by atoms with Gasteiger partial charge in [-0.3, -0.25) is 0 Å². The second-order valence-electron chi connectivity index (χ2n) is 1.81. The Balaban J connectivity index is 2.12. The monoisotopic (exact) mass is 100 g/mol. The van der Waals surface area contributed by atoms with E-state index in [0.717, 1.165) is 19.7 Å². The predicted molar refractivity (Wildman–Crippen MR) is 28.5 cm³/mol. The fourth-order valence-electron chi connectivity index (χ4n) is 0.644. The van der Waals surface area contributed by atoms with Crippen LogP contribution in [0.1, 0.15) is 6.92 Å². The van der Waals surface area contributed by atoms with E-state index in [1.807, 2.05) is 6.92 Å². The lowest BCUT2D eigenvalue weighted by molar-refractivity contribution is 0.0684. The van der Waals surface area contributed by atoms with E-state index >= 15 is 0 Å². The minimum atomic E-state index is 0.369. The van der Waals surface area contributed by atoms with Crippen molar-refractivity contribution in [2.75, 3.05) is 19.7 Å². The van der Waals surface area contributed by atoms with E-state index in [1.54, 1.807) is 0 Å². The number of nitrogens with zero attached hydrogens (tertiary/aromatic N) is 1. The summed E-state index contributed by atoms with van der Waals surface area (Å²) in [6.07, 6.45) is 0.369. The van der Waals surface area contributed by atoms with E-state index in [9.17, 15) is 0 Å². The molecule has 1 fully saturated rings. The molecule has 1 aliphatic rings. The molecule has 0 saturated carbocycles. The quantitative estimate of drug-likeness (QED) is 0.441. The summed E-state index contributed by atoms with van der Waals surface area (Å²) in [4.78, 5) is 0. The summed E-state index contributed by atoms with van der Waals surface area (Å²) in [6.45, 7) is 4.65. The average molecular weight is 100 g/mol. The van der Waals surface area contributed by atoms with Gasteiger partial charge in [0, 0.05) is 12.7 Å². The largest absolute Gasteiger partial charge is 0.658 e. The molecule has 0 unspecified atom stereocenters. The van der Waals surface area contributed by atoms with Gasteiger partial charge in [0.25, 0.3) is 0 Å². The molecule has 0 amide bonds. The van der Waals surface area contributed by atoms with E-state index in [0.29, 0.717) is 6.10 Å². The Morgan fingerprint density at radius 2 is 2.57 bits per heavy atom. The number of morpholine rings is 1. The number of rotatable bonds is 0. The van der Waals surface area contributed by atoms with E-state index in [1.165, 1.54) is 0 Å². The summed E-state index contributed by atoms with van der Waals surface area (Å²) >= 11 is 0. The van der Waals surface area contributed by atoms with Crippen molar-refractivity contribution < 1.29 is 4.74 Å². The minimum Gasteiger partial charge on any atom is -0.658 e. The molecule has 2 heteroatoms. The molecular weight excluding hydrogens is 90.1 g/mol. The van der Waals surface area contributed by atoms with Crippen molar-refractivity contribution in [2.24, 2.45) is 0 Å². The molecule has 1 aliphatic heterocycles. The zero-order chi connectivity index (χ0) is 5.11. The lowest BCUT2D eigenvalue weighted by atomic mass is 10.3. The summed E-state index contributed by atoms with van der Waals surface area (Å²) in [6, 6.07) is 0. The number of hydrogen-bond donors (Lipinski definition) is 0. The summed E-state index contributed by atoms with van der Waals surface area (Å²) < 4.78 is 5.18. The van der Waals surface area contributed by atoms with Gasteiger partial charge in [-0.15, -0.1) is 13.1 Å². The summed E-state index contributed by atoms with van der Waals surface area (Å²) in [5.41, 5.74) is 0. The zero-order valence-electron chi connectivity index (χ0n) is 4.55. The fourth-order valence-corrected chi connectivity index (χ4v) is 0.644. The smallest absolute Gasteiger partial charge is 0.0359 e. The maximum absolute atomic E-state index is 5.18. The maximum Gasteiger partial charge on any atom is 0.0359 e. The molecule has 0 spiro atoms. The molecule has 0 aromatic carbocycles. The molecule has 42 valence electrons. The van der Waals surface area contributed by atoms with Crippen LogP contribution in [0.25, 0.3) is 5.32 Å². The molecule has 0 aliphatic carbocycles. The van der Waals surface area contributed by atoms with Crippen LogP contribution in [0, 0.1) is 0 Å². The molecule has 1 atom stereocenters. The van der Waals surface area contributed by atoms with Crippen LogP contribution >= 0.6 is 0 Å². The molecule has 0 bridgehead atoms. The van der Waals surface area contributed by atoms with Gasteiger partial charge in [0.1, 0.15) is 0 Å². The molecular formula is C5H10NO-. The Hall–Kier alpha value is -0.0800. The second-order valence-corrected chi connectivity index (χ2v) is 1.81. The van der Waals surface area contributed by atoms with Gasteiger partial charge in [-0.05, 0) is 6.92 Å². The van der Waals surface area contributed by atoms with E-state index < -0.39 is 0 Å². The topological polar surface area (TPSA) is 23.3 Å². The molecule has 1 rings (SSSR count). The summed E-state index contributed by atoms with van der Waals surface area (Å²) in [5, 5.41) is 4.13. The second kappa shape index (κ2) is 2.28. The van der Waals surface area contributed by atoms with Crippen molar-refractivity contribution in [1.29, 1.82) is 0 Å². The van der Waals surface area contributed by atoms with Crippen molar-refractivity contribution in [3.63, 3.8) is 0 Å². The van der Waals surface area contributed by atoms with E-state index in [4.69, 9.17) is 4.74 Å². The van der Waals surface area contributed by atoms with Crippen molar-refractivity contribution >= 4 is 0 Å². The molecule has 0 aromatic rings. The Morgan fingerprint density at radius 3 is 2.86 bits per heavy atom. The lowest BCUT2D eigenvalue weighted by Crippen LogP contribution is -2.21. The molecule has 0 N–H and O–H groups in total. The van der Waals surface area contributed by atoms with Gasteiger partial charge in [-0.2, -0.15) is 0 Å². The number of hydrogen-bond acceptors (Lipinski definition) is 1. The Morgan fingerprint density at radius 1 is 1.71 bits per heavy atom. The van der Waals surface area contributed by atoms with Crippen LogP contribution in [0.15, 0.2) is 0 Å². The lowest BCUT2D eigenvalue weighted by Gasteiger charge is -2.30. The number of ether oxygens (including phenoxy) is 1. The average Bonchev–Trinajstić information content (AvgIpc) is 1.69. The van der Waals surface area contributed by atoms with Crippen LogP contribution in [0.5, 0.6) is 0 Å². The third kappa shape index (κ3) is 1.45. The first-order chi connectivity index (χ1) is 3.39. The van der Waals surface area contributed by atoms with Gasteiger partial charge < -0.3 is 10.1 Å². The van der Waals surface area contributed by atoms with Crippen LogP contribution in [-0.4, -0.2) is 25.8 Å². The van der Waals surface area contributed by atoms with E-state index in [2.05, 4.69) is 5.32 Å². The first-order valence-corrected chi connectivity index (χ1v) is 2.64. The van der Waals surface area contributed by atoms with Crippen molar-refractivity contribution in [1.82, 2.24) is 0 Å². The Kier molecular flexibility index (Phi) is 1.65. The zero-order valence-corrected chi connectivity index (χ0v) is 4.55. The van der Waals surface area contributed by atoms with Gasteiger partial charge >= 0.3 is 0 Å². The Labute approximate surface area is 43.9 Å². The van der Waals surface area contributed by atoms with Gasteiger partial charge in [0.05, 0.1) is 0 Å². The molecule has 2 nitrogen and oxygen atoms in total. The standard InChI is InChI=1S/C5H10NO/c1-5-4-6-2-3-7-5/h5H,2-4H2,1H3/q-1/t5-/m1/s1. The normalized spacial score (nSPS) is 33.0. The molecule has 1 saturated heterocycles. The molecule has 0 aromatic heterocycles. The third-order valence-electron chi connectivity index (χ3n) is 1.04. The van der Waals surface area contributed by atoms with Crippen LogP contribution in [-0.2, 0) is 4.74 Å². The van der Waals surface area contributed by atoms with Crippen LogP contribution < -0.4 is 0 Å². The highest BCUT2D eigenvalue weighted by molar-refractivity contribution is 4.85. The van der Waals surface area contributed by atoms with Crippen molar-refractivity contribution in [3.8, 4) is 0 Å². The fraction of sp³-hybridized carbons (Fsp3) is 1.00. The molecule has 7 heavy (non-hydrogen) atoms. The highest BCUT2D eigenvalue weighted by Gasteiger charge is 1.96.